The van der Waals surface area contributed by atoms with E-state index in [1.54, 1.807) is 12.1 Å². The van der Waals surface area contributed by atoms with Gasteiger partial charge in [0.05, 0.1) is 28.5 Å². The summed E-state index contributed by atoms with van der Waals surface area (Å²) >= 11 is 0. The topological polar surface area (TPSA) is 82.3 Å². The van der Waals surface area contributed by atoms with Gasteiger partial charge in [0, 0.05) is 12.3 Å². The maximum atomic E-state index is 11.0. The van der Waals surface area contributed by atoms with E-state index in [4.69, 9.17) is 0 Å². The van der Waals surface area contributed by atoms with Gasteiger partial charge in [0.15, 0.2) is 0 Å². The monoisotopic (exact) mass is 270 g/mol. The lowest BCUT2D eigenvalue weighted by Crippen LogP contribution is -1.97. The Bertz CT molecular complexity index is 744. The number of nitrogens with zero attached hydrogens (tertiary/aromatic N) is 2. The third-order valence-electron chi connectivity index (χ3n) is 2.63. The largest absolute Gasteiger partial charge is 0.468 e. The molecule has 0 radical (unpaired) electrons. The molecule has 0 aliphatic heterocycles. The van der Waals surface area contributed by atoms with Gasteiger partial charge in [-0.1, -0.05) is 11.8 Å². The number of carbonyl (C=O) groups excluding carboxylic acids is 1. The highest BCUT2D eigenvalue weighted by Crippen LogP contribution is 2.26. The van der Waals surface area contributed by atoms with Crippen molar-refractivity contribution in [2.24, 2.45) is 0 Å². The number of fused-ring (bicyclic) bond motifs is 1. The first-order valence-corrected chi connectivity index (χ1v) is 5.71. The van der Waals surface area contributed by atoms with Gasteiger partial charge >= 0.3 is 5.97 Å². The van der Waals surface area contributed by atoms with Crippen LogP contribution in [-0.2, 0) is 9.53 Å². The molecule has 0 aliphatic carbocycles. The van der Waals surface area contributed by atoms with Crippen molar-refractivity contribution in [3.8, 4) is 11.8 Å². The summed E-state index contributed by atoms with van der Waals surface area (Å²) in [6.07, 6.45) is 1.50. The lowest BCUT2D eigenvalue weighted by Gasteiger charge is -2.00. The minimum atomic E-state index is -0.463. The van der Waals surface area contributed by atoms with Crippen LogP contribution in [-0.4, -0.2) is 23.0 Å². The van der Waals surface area contributed by atoms with Gasteiger partial charge in [0.25, 0.3) is 5.69 Å². The highest BCUT2D eigenvalue weighted by Gasteiger charge is 2.13. The van der Waals surface area contributed by atoms with E-state index in [1.807, 2.05) is 0 Å². The Morgan fingerprint density at radius 1 is 1.45 bits per heavy atom. The van der Waals surface area contributed by atoms with Gasteiger partial charge in [-0.15, -0.1) is 0 Å². The van der Waals surface area contributed by atoms with Crippen molar-refractivity contribution < 1.29 is 14.5 Å². The molecule has 2 aromatic rings. The number of pyridine rings is 1. The van der Waals surface area contributed by atoms with E-state index in [2.05, 4.69) is 21.6 Å². The molecule has 100 valence electrons. The summed E-state index contributed by atoms with van der Waals surface area (Å²) < 4.78 is 4.48. The molecule has 0 aliphatic rings. The van der Waals surface area contributed by atoms with Gasteiger partial charge < -0.3 is 4.74 Å². The van der Waals surface area contributed by atoms with Crippen LogP contribution in [0.4, 0.5) is 5.69 Å². The van der Waals surface area contributed by atoms with Crippen LogP contribution in [0.2, 0.25) is 0 Å². The zero-order chi connectivity index (χ0) is 14.5. The van der Waals surface area contributed by atoms with Gasteiger partial charge in [0.1, 0.15) is 6.42 Å². The Balaban J connectivity index is 2.48. The average molecular weight is 270 g/mol. The molecule has 0 saturated heterocycles. The number of hydrogen-bond acceptors (Lipinski definition) is 5. The summed E-state index contributed by atoms with van der Waals surface area (Å²) in [5, 5.41) is 11.4. The predicted octanol–water partition coefficient (Wildman–Crippen LogP) is 2.06. The molecule has 6 nitrogen and oxygen atoms in total. The summed E-state index contributed by atoms with van der Waals surface area (Å²) in [7, 11) is 1.28. The molecular formula is C14H10N2O4. The molecule has 0 amide bonds. The molecular weight excluding hydrogens is 260 g/mol. The summed E-state index contributed by atoms with van der Waals surface area (Å²) in [6.45, 7) is 0. The maximum Gasteiger partial charge on any atom is 0.317 e. The number of benzene rings is 1. The molecule has 0 unspecified atom stereocenters. The lowest BCUT2D eigenvalue weighted by atomic mass is 10.1. The fourth-order valence-corrected chi connectivity index (χ4v) is 1.70. The number of non-ortho nitro benzene ring substituents is 1. The van der Waals surface area contributed by atoms with Crippen molar-refractivity contribution in [1.82, 2.24) is 4.98 Å². The second-order valence-corrected chi connectivity index (χ2v) is 3.84. The number of nitro benzene ring substituents is 1. The van der Waals surface area contributed by atoms with Crippen molar-refractivity contribution in [2.45, 2.75) is 6.42 Å². The molecule has 0 atom stereocenters. The van der Waals surface area contributed by atoms with Crippen LogP contribution in [0.3, 0.4) is 0 Å². The molecule has 1 heterocycles. The number of nitro groups is 1. The molecule has 0 saturated carbocycles. The van der Waals surface area contributed by atoms with Crippen LogP contribution in [0.5, 0.6) is 0 Å². The molecule has 6 heteroatoms. The van der Waals surface area contributed by atoms with Crippen molar-refractivity contribution in [3.63, 3.8) is 0 Å². The number of esters is 1. The average Bonchev–Trinajstić information content (AvgIpc) is 2.46. The first-order chi connectivity index (χ1) is 9.63. The number of carbonyl (C=O) groups is 1. The predicted molar refractivity (Wildman–Crippen MR) is 71.9 cm³/mol. The Hall–Kier alpha value is -2.94. The van der Waals surface area contributed by atoms with E-state index in [9.17, 15) is 14.9 Å². The van der Waals surface area contributed by atoms with Crippen molar-refractivity contribution >= 4 is 22.6 Å². The number of aromatic nitrogens is 1. The number of hydrogen-bond donors (Lipinski definition) is 0. The van der Waals surface area contributed by atoms with E-state index < -0.39 is 10.9 Å². The van der Waals surface area contributed by atoms with Crippen LogP contribution >= 0.6 is 0 Å². The minimum absolute atomic E-state index is 0.0217. The number of rotatable bonds is 2. The molecule has 20 heavy (non-hydrogen) atoms. The van der Waals surface area contributed by atoms with Crippen molar-refractivity contribution in [2.75, 3.05) is 7.11 Å². The second kappa shape index (κ2) is 5.80. The van der Waals surface area contributed by atoms with E-state index in [1.165, 1.54) is 25.4 Å². The Morgan fingerprint density at radius 2 is 2.25 bits per heavy atom. The summed E-state index contributed by atoms with van der Waals surface area (Å²) in [5.74, 6) is 5.01. The maximum absolute atomic E-state index is 11.0. The number of ether oxygens (including phenoxy) is 1. The molecule has 0 bridgehead atoms. The Morgan fingerprint density at radius 3 is 2.95 bits per heavy atom. The standard InChI is InChI=1S/C14H10N2O4/c1-20-13(17)6-2-4-10-7-8-12(16(18)19)11-5-3-9-15-14(10)11/h3,5,7-9H,6H2,1H3. The van der Waals surface area contributed by atoms with Gasteiger partial charge in [-0.2, -0.15) is 0 Å². The zero-order valence-electron chi connectivity index (χ0n) is 10.6. The van der Waals surface area contributed by atoms with Crippen LogP contribution in [0.25, 0.3) is 10.9 Å². The fraction of sp³-hybridized carbons (Fsp3) is 0.143. The number of methoxy groups -OCH3 is 1. The van der Waals surface area contributed by atoms with Crippen LogP contribution < -0.4 is 0 Å². The first kappa shape index (κ1) is 13.5. The van der Waals surface area contributed by atoms with E-state index in [0.717, 1.165) is 0 Å². The molecule has 2 rings (SSSR count). The van der Waals surface area contributed by atoms with E-state index in [0.29, 0.717) is 16.5 Å². The van der Waals surface area contributed by atoms with Gasteiger partial charge in [0.2, 0.25) is 0 Å². The fourth-order valence-electron chi connectivity index (χ4n) is 1.70. The van der Waals surface area contributed by atoms with Crippen molar-refractivity contribution in [1.29, 1.82) is 0 Å². The summed E-state index contributed by atoms with van der Waals surface area (Å²) in [4.78, 5) is 25.6. The Kier molecular flexibility index (Phi) is 3.91. The molecule has 1 aromatic carbocycles. The first-order valence-electron chi connectivity index (χ1n) is 5.71. The molecule has 0 spiro atoms. The van der Waals surface area contributed by atoms with Gasteiger partial charge in [-0.25, -0.2) is 0 Å². The van der Waals surface area contributed by atoms with Gasteiger partial charge in [-0.05, 0) is 18.2 Å². The van der Waals surface area contributed by atoms with E-state index in [-0.39, 0.29) is 12.1 Å². The molecule has 0 fully saturated rings. The zero-order valence-corrected chi connectivity index (χ0v) is 10.6. The van der Waals surface area contributed by atoms with Crippen LogP contribution in [0, 0.1) is 22.0 Å². The quantitative estimate of drug-likeness (QED) is 0.361. The van der Waals surface area contributed by atoms with Crippen molar-refractivity contribution in [3.05, 3.63) is 46.1 Å². The van der Waals surface area contributed by atoms with Crippen LogP contribution in [0.15, 0.2) is 30.5 Å². The minimum Gasteiger partial charge on any atom is -0.468 e. The third kappa shape index (κ3) is 2.72. The SMILES string of the molecule is COC(=O)CC#Cc1ccc([N+](=O)[O-])c2cccnc12. The molecule has 0 N–H and O–H groups in total. The highest BCUT2D eigenvalue weighted by atomic mass is 16.6. The third-order valence-corrected chi connectivity index (χ3v) is 2.63. The normalized spacial score (nSPS) is 9.65. The van der Waals surface area contributed by atoms with E-state index >= 15 is 0 Å². The second-order valence-electron chi connectivity index (χ2n) is 3.84. The smallest absolute Gasteiger partial charge is 0.317 e. The van der Waals surface area contributed by atoms with Gasteiger partial charge in [-0.3, -0.25) is 19.9 Å². The summed E-state index contributed by atoms with van der Waals surface area (Å²) in [5.41, 5.74) is 0.959. The van der Waals surface area contributed by atoms with Crippen LogP contribution in [0.1, 0.15) is 12.0 Å². The Labute approximate surface area is 114 Å². The molecule has 1 aromatic heterocycles. The lowest BCUT2D eigenvalue weighted by molar-refractivity contribution is -0.383. The highest BCUT2D eigenvalue weighted by molar-refractivity contribution is 5.92. The summed E-state index contributed by atoms with van der Waals surface area (Å²) in [6, 6.07) is 6.15.